The molecule has 194 valence electrons. The second kappa shape index (κ2) is 10.6. The smallest absolute Gasteiger partial charge is 0.262 e. The van der Waals surface area contributed by atoms with Crippen LogP contribution in [0.5, 0.6) is 0 Å². The van der Waals surface area contributed by atoms with E-state index in [1.807, 2.05) is 24.3 Å². The topological polar surface area (TPSA) is 67.2 Å². The van der Waals surface area contributed by atoms with Crippen molar-refractivity contribution in [3.05, 3.63) is 63.4 Å². The first kappa shape index (κ1) is 24.6. The van der Waals surface area contributed by atoms with Crippen LogP contribution in [0.15, 0.2) is 47.3 Å². The molecular formula is C30H35ClN4O2. The summed E-state index contributed by atoms with van der Waals surface area (Å²) in [5.41, 5.74) is 2.42. The molecule has 7 heteroatoms. The summed E-state index contributed by atoms with van der Waals surface area (Å²) in [5.74, 6) is 2.12. The molecule has 3 aliphatic rings. The number of fused-ring (bicyclic) bond motifs is 1. The Bertz CT molecular complexity index is 1350. The molecule has 0 atom stereocenters. The summed E-state index contributed by atoms with van der Waals surface area (Å²) >= 11 is 6.26. The van der Waals surface area contributed by atoms with Crippen molar-refractivity contribution < 1.29 is 4.79 Å². The number of halogens is 1. The number of carbonyl (C=O) groups is 1. The monoisotopic (exact) mass is 518 g/mol. The number of likely N-dealkylation sites (tertiary alicyclic amines) is 1. The molecule has 0 bridgehead atoms. The molecule has 6 nitrogen and oxygen atoms in total. The van der Waals surface area contributed by atoms with Gasteiger partial charge in [-0.2, -0.15) is 0 Å². The van der Waals surface area contributed by atoms with Crippen LogP contribution in [0.4, 0.5) is 0 Å². The molecule has 0 unspecified atom stereocenters. The fourth-order valence-electron chi connectivity index (χ4n) is 5.93. The van der Waals surface area contributed by atoms with Gasteiger partial charge in [-0.15, -0.1) is 0 Å². The lowest BCUT2D eigenvalue weighted by atomic mass is 9.71. The van der Waals surface area contributed by atoms with Crippen molar-refractivity contribution in [2.75, 3.05) is 26.2 Å². The van der Waals surface area contributed by atoms with E-state index in [1.54, 1.807) is 12.1 Å². The fourth-order valence-corrected chi connectivity index (χ4v) is 6.12. The second-order valence-electron chi connectivity index (χ2n) is 11.3. The number of nitrogens with zero attached hydrogens (tertiary/aromatic N) is 3. The molecule has 2 heterocycles. The third-order valence-corrected chi connectivity index (χ3v) is 8.55. The molecule has 0 radical (unpaired) electrons. The highest BCUT2D eigenvalue weighted by molar-refractivity contribution is 6.30. The van der Waals surface area contributed by atoms with Crippen molar-refractivity contribution in [3.63, 3.8) is 0 Å². The van der Waals surface area contributed by atoms with Crippen molar-refractivity contribution in [1.82, 2.24) is 19.8 Å². The van der Waals surface area contributed by atoms with E-state index in [0.29, 0.717) is 40.1 Å². The molecule has 2 saturated carbocycles. The van der Waals surface area contributed by atoms with Crippen LogP contribution in [0.2, 0.25) is 5.02 Å². The molecule has 1 N–H and O–H groups in total. The van der Waals surface area contributed by atoms with Crippen molar-refractivity contribution in [3.8, 4) is 11.4 Å². The van der Waals surface area contributed by atoms with Crippen molar-refractivity contribution in [2.45, 2.75) is 57.4 Å². The second-order valence-corrected chi connectivity index (χ2v) is 11.7. The highest BCUT2D eigenvalue weighted by Gasteiger charge is 2.32. The Morgan fingerprint density at radius 2 is 1.84 bits per heavy atom. The lowest BCUT2D eigenvalue weighted by molar-refractivity contribution is -0.121. The first-order chi connectivity index (χ1) is 18.0. The Labute approximate surface area is 223 Å². The van der Waals surface area contributed by atoms with E-state index in [-0.39, 0.29) is 18.0 Å². The van der Waals surface area contributed by atoms with Crippen LogP contribution < -0.4 is 10.9 Å². The van der Waals surface area contributed by atoms with Gasteiger partial charge in [0.2, 0.25) is 5.91 Å². The number of piperidine rings is 1. The van der Waals surface area contributed by atoms with E-state index >= 15 is 0 Å². The van der Waals surface area contributed by atoms with Crippen LogP contribution in [0.1, 0.15) is 56.4 Å². The molecule has 1 aliphatic heterocycles. The quantitative estimate of drug-likeness (QED) is 0.444. The Hall–Kier alpha value is -2.70. The van der Waals surface area contributed by atoms with E-state index in [9.17, 15) is 9.59 Å². The van der Waals surface area contributed by atoms with Crippen LogP contribution in [0.25, 0.3) is 22.3 Å². The summed E-state index contributed by atoms with van der Waals surface area (Å²) in [6.07, 6.45) is 8.70. The number of rotatable bonds is 8. The maximum atomic E-state index is 13.8. The van der Waals surface area contributed by atoms with E-state index in [4.69, 9.17) is 16.6 Å². The van der Waals surface area contributed by atoms with Gasteiger partial charge in [-0.3, -0.25) is 14.2 Å². The Morgan fingerprint density at radius 3 is 2.59 bits per heavy atom. The number of amides is 1. The van der Waals surface area contributed by atoms with Gasteiger partial charge in [-0.25, -0.2) is 4.98 Å². The minimum absolute atomic E-state index is 0.0537. The first-order valence-corrected chi connectivity index (χ1v) is 14.2. The third kappa shape index (κ3) is 5.60. The summed E-state index contributed by atoms with van der Waals surface area (Å²) in [6.45, 7) is 4.31. The molecule has 2 aliphatic carbocycles. The summed E-state index contributed by atoms with van der Waals surface area (Å²) in [6, 6.07) is 13.4. The number of nitrogens with one attached hydrogen (secondary N) is 1. The number of aromatic nitrogens is 2. The molecular weight excluding hydrogens is 484 g/mol. The zero-order chi connectivity index (χ0) is 25.4. The van der Waals surface area contributed by atoms with Gasteiger partial charge in [-0.1, -0.05) is 36.2 Å². The average molecular weight is 519 g/mol. The molecule has 3 aromatic rings. The molecule has 1 amide bonds. The lowest BCUT2D eigenvalue weighted by Crippen LogP contribution is -2.38. The zero-order valence-corrected chi connectivity index (χ0v) is 22.1. The summed E-state index contributed by atoms with van der Waals surface area (Å²) in [7, 11) is 0. The minimum Gasteiger partial charge on any atom is -0.354 e. The summed E-state index contributed by atoms with van der Waals surface area (Å²) in [5, 5.41) is 4.14. The molecule has 1 saturated heterocycles. The Kier molecular flexibility index (Phi) is 7.04. The van der Waals surface area contributed by atoms with Crippen molar-refractivity contribution >= 4 is 28.4 Å². The SMILES string of the molecule is O=C(Cn1c(-c2cccc(Cl)c2)nc2ccc([C@H]3C[C@@H](CN4CCCCC4)C3)cc2c1=O)NCC1CC1. The van der Waals surface area contributed by atoms with Gasteiger partial charge in [0.15, 0.2) is 0 Å². The van der Waals surface area contributed by atoms with Gasteiger partial charge >= 0.3 is 0 Å². The van der Waals surface area contributed by atoms with E-state index < -0.39 is 0 Å². The number of hydrogen-bond acceptors (Lipinski definition) is 4. The first-order valence-electron chi connectivity index (χ1n) is 13.8. The minimum atomic E-state index is -0.174. The van der Waals surface area contributed by atoms with Crippen molar-refractivity contribution in [2.24, 2.45) is 11.8 Å². The van der Waals surface area contributed by atoms with Gasteiger partial charge in [0.05, 0.1) is 10.9 Å². The molecule has 2 aromatic carbocycles. The van der Waals surface area contributed by atoms with Crippen molar-refractivity contribution in [1.29, 1.82) is 0 Å². The summed E-state index contributed by atoms with van der Waals surface area (Å²) in [4.78, 5) is 34.1. The normalized spacial score (nSPS) is 22.1. The van der Waals surface area contributed by atoms with Gasteiger partial charge in [0, 0.05) is 23.7 Å². The number of benzene rings is 2. The Balaban J connectivity index is 1.27. The molecule has 1 aromatic heterocycles. The predicted molar refractivity (Wildman–Crippen MR) is 148 cm³/mol. The van der Waals surface area contributed by atoms with Gasteiger partial charge < -0.3 is 10.2 Å². The van der Waals surface area contributed by atoms with Crippen LogP contribution in [-0.4, -0.2) is 46.5 Å². The van der Waals surface area contributed by atoms with Crippen LogP contribution >= 0.6 is 11.6 Å². The summed E-state index contributed by atoms with van der Waals surface area (Å²) < 4.78 is 1.51. The van der Waals surface area contributed by atoms with Gasteiger partial charge in [-0.05, 0) is 99.2 Å². The molecule has 3 fully saturated rings. The van der Waals surface area contributed by atoms with E-state index in [1.165, 1.54) is 61.9 Å². The number of carbonyl (C=O) groups excluding carboxylic acids is 1. The third-order valence-electron chi connectivity index (χ3n) is 8.32. The van der Waals surface area contributed by atoms with E-state index in [0.717, 1.165) is 24.3 Å². The predicted octanol–water partition coefficient (Wildman–Crippen LogP) is 5.22. The maximum absolute atomic E-state index is 13.8. The fraction of sp³-hybridized carbons (Fsp3) is 0.500. The zero-order valence-electron chi connectivity index (χ0n) is 21.3. The average Bonchev–Trinajstić information content (AvgIpc) is 3.71. The largest absolute Gasteiger partial charge is 0.354 e. The van der Waals surface area contributed by atoms with Crippen LogP contribution in [-0.2, 0) is 11.3 Å². The highest BCUT2D eigenvalue weighted by Crippen LogP contribution is 2.42. The number of hydrogen-bond donors (Lipinski definition) is 1. The molecule has 0 spiro atoms. The lowest BCUT2D eigenvalue weighted by Gasteiger charge is -2.40. The molecule has 37 heavy (non-hydrogen) atoms. The van der Waals surface area contributed by atoms with Crippen LogP contribution in [0, 0.1) is 11.8 Å². The van der Waals surface area contributed by atoms with E-state index in [2.05, 4.69) is 16.3 Å². The molecule has 6 rings (SSSR count). The van der Waals surface area contributed by atoms with Crippen LogP contribution in [0.3, 0.4) is 0 Å². The highest BCUT2D eigenvalue weighted by atomic mass is 35.5. The Morgan fingerprint density at radius 1 is 1.03 bits per heavy atom. The van der Waals surface area contributed by atoms with Gasteiger partial charge in [0.25, 0.3) is 5.56 Å². The van der Waals surface area contributed by atoms with Gasteiger partial charge in [0.1, 0.15) is 12.4 Å². The standard InChI is InChI=1S/C30H35ClN4O2/c31-25-6-4-5-23(15-25)29-33-27-10-9-22(24-13-21(14-24)18-34-11-2-1-3-12-34)16-26(27)30(37)35(29)19-28(36)32-17-20-7-8-20/h4-6,9-10,15-16,20-21,24H,1-3,7-8,11-14,17-19H2,(H,32,36)/t21-,24+. The maximum Gasteiger partial charge on any atom is 0.262 e.